The number of para-hydroxylation sites is 1. The van der Waals surface area contributed by atoms with E-state index in [-0.39, 0.29) is 17.6 Å². The second kappa shape index (κ2) is 9.53. The summed E-state index contributed by atoms with van der Waals surface area (Å²) in [5.74, 6) is 0.259. The van der Waals surface area contributed by atoms with Gasteiger partial charge in [0, 0.05) is 50.6 Å². The van der Waals surface area contributed by atoms with Crippen LogP contribution < -0.4 is 10.1 Å². The quantitative estimate of drug-likeness (QED) is 0.617. The average Bonchev–Trinajstić information content (AvgIpc) is 3.14. The standard InChI is InChI=1S/C25H29FN4O2/c1-17-5-4-6-19(24(17)32-3)14-30-15-20-13-29(2)28-23(20)22(16-30)25(31)27-12-11-18-7-9-21(26)10-8-18/h4-10,13,22H,11-12,14-16H2,1-3H3,(H,27,31)/t22-/m1/s1. The van der Waals surface area contributed by atoms with Crippen molar-refractivity contribution in [3.63, 3.8) is 0 Å². The van der Waals surface area contributed by atoms with Crippen LogP contribution in [0.15, 0.2) is 48.7 Å². The molecule has 1 aliphatic rings. The zero-order valence-electron chi connectivity index (χ0n) is 18.8. The van der Waals surface area contributed by atoms with Gasteiger partial charge in [-0.3, -0.25) is 14.4 Å². The van der Waals surface area contributed by atoms with Gasteiger partial charge < -0.3 is 10.1 Å². The molecular weight excluding hydrogens is 407 g/mol. The second-order valence-electron chi connectivity index (χ2n) is 8.37. The largest absolute Gasteiger partial charge is 0.496 e. The van der Waals surface area contributed by atoms with E-state index < -0.39 is 0 Å². The third-order valence-electron chi connectivity index (χ3n) is 5.94. The zero-order chi connectivity index (χ0) is 22.7. The summed E-state index contributed by atoms with van der Waals surface area (Å²) in [6.45, 7) is 4.55. The summed E-state index contributed by atoms with van der Waals surface area (Å²) < 4.78 is 20.5. The van der Waals surface area contributed by atoms with Gasteiger partial charge in [-0.05, 0) is 36.6 Å². The lowest BCUT2D eigenvalue weighted by Crippen LogP contribution is -2.41. The molecular formula is C25H29FN4O2. The number of ether oxygens (including phenoxy) is 1. The number of nitrogens with zero attached hydrogens (tertiary/aromatic N) is 3. The van der Waals surface area contributed by atoms with E-state index in [2.05, 4.69) is 21.4 Å². The Morgan fingerprint density at radius 2 is 2.03 bits per heavy atom. The van der Waals surface area contributed by atoms with Crippen molar-refractivity contribution in [2.75, 3.05) is 20.2 Å². The molecule has 0 spiro atoms. The Morgan fingerprint density at radius 1 is 1.25 bits per heavy atom. The van der Waals surface area contributed by atoms with Crippen LogP contribution in [0.2, 0.25) is 0 Å². The molecule has 168 valence electrons. The predicted octanol–water partition coefficient (Wildman–Crippen LogP) is 3.33. The topological polar surface area (TPSA) is 59.4 Å². The molecule has 1 aliphatic heterocycles. The molecule has 0 unspecified atom stereocenters. The Balaban J connectivity index is 1.46. The monoisotopic (exact) mass is 436 g/mol. The minimum Gasteiger partial charge on any atom is -0.496 e. The Labute approximate surface area is 188 Å². The number of fused-ring (bicyclic) bond motifs is 1. The summed E-state index contributed by atoms with van der Waals surface area (Å²) in [5, 5.41) is 7.63. The highest BCUT2D eigenvalue weighted by Gasteiger charge is 2.33. The van der Waals surface area contributed by atoms with Gasteiger partial charge in [0.2, 0.25) is 5.91 Å². The van der Waals surface area contributed by atoms with Crippen LogP contribution in [-0.4, -0.2) is 40.8 Å². The lowest BCUT2D eigenvalue weighted by atomic mass is 9.95. The van der Waals surface area contributed by atoms with E-state index in [1.807, 2.05) is 32.3 Å². The molecule has 0 bridgehead atoms. The Hall–Kier alpha value is -3.19. The van der Waals surface area contributed by atoms with Gasteiger partial charge in [-0.2, -0.15) is 5.10 Å². The predicted molar refractivity (Wildman–Crippen MR) is 121 cm³/mol. The number of hydrogen-bond acceptors (Lipinski definition) is 4. The van der Waals surface area contributed by atoms with Gasteiger partial charge >= 0.3 is 0 Å². The minimum absolute atomic E-state index is 0.0343. The Morgan fingerprint density at radius 3 is 2.78 bits per heavy atom. The number of rotatable bonds is 7. The van der Waals surface area contributed by atoms with E-state index in [4.69, 9.17) is 4.74 Å². The molecule has 6 nitrogen and oxygen atoms in total. The van der Waals surface area contributed by atoms with E-state index in [0.29, 0.717) is 26.1 Å². The third kappa shape index (κ3) is 4.83. The van der Waals surface area contributed by atoms with Crippen LogP contribution in [0, 0.1) is 12.7 Å². The van der Waals surface area contributed by atoms with Crippen molar-refractivity contribution >= 4 is 5.91 Å². The van der Waals surface area contributed by atoms with Gasteiger partial charge in [-0.1, -0.05) is 30.3 Å². The molecule has 2 aromatic carbocycles. The molecule has 0 radical (unpaired) electrons. The zero-order valence-corrected chi connectivity index (χ0v) is 18.8. The number of aryl methyl sites for hydroxylation is 2. The maximum atomic E-state index is 13.1. The van der Waals surface area contributed by atoms with Gasteiger partial charge in [0.1, 0.15) is 11.6 Å². The first kappa shape index (κ1) is 22.0. The van der Waals surface area contributed by atoms with Gasteiger partial charge in [-0.15, -0.1) is 0 Å². The van der Waals surface area contributed by atoms with Crippen molar-refractivity contribution in [1.82, 2.24) is 20.0 Å². The molecule has 1 amide bonds. The SMILES string of the molecule is COc1c(C)cccc1CN1Cc2cn(C)nc2[C@H](C(=O)NCCc2ccc(F)cc2)C1. The number of hydrogen-bond donors (Lipinski definition) is 1. The minimum atomic E-state index is -0.344. The molecule has 32 heavy (non-hydrogen) atoms. The highest BCUT2D eigenvalue weighted by molar-refractivity contribution is 5.84. The lowest BCUT2D eigenvalue weighted by molar-refractivity contribution is -0.123. The molecule has 1 N–H and O–H groups in total. The van der Waals surface area contributed by atoms with Gasteiger partial charge in [-0.25, -0.2) is 4.39 Å². The van der Waals surface area contributed by atoms with E-state index in [9.17, 15) is 9.18 Å². The fraction of sp³-hybridized carbons (Fsp3) is 0.360. The Bertz CT molecular complexity index is 1090. The van der Waals surface area contributed by atoms with Crippen LogP contribution >= 0.6 is 0 Å². The van der Waals surface area contributed by atoms with Crippen LogP contribution in [0.1, 0.15) is 33.9 Å². The molecule has 1 aromatic heterocycles. The van der Waals surface area contributed by atoms with E-state index in [0.717, 1.165) is 40.2 Å². The number of aromatic nitrogens is 2. The van der Waals surface area contributed by atoms with Gasteiger partial charge in [0.15, 0.2) is 0 Å². The summed E-state index contributed by atoms with van der Waals surface area (Å²) in [4.78, 5) is 15.4. The number of carbonyl (C=O) groups excluding carboxylic acids is 1. The van der Waals surface area contributed by atoms with Crippen LogP contribution in [0.25, 0.3) is 0 Å². The van der Waals surface area contributed by atoms with Gasteiger partial charge in [0.25, 0.3) is 0 Å². The third-order valence-corrected chi connectivity index (χ3v) is 5.94. The van der Waals surface area contributed by atoms with Crippen LogP contribution in [0.5, 0.6) is 5.75 Å². The van der Waals surface area contributed by atoms with E-state index >= 15 is 0 Å². The fourth-order valence-electron chi connectivity index (χ4n) is 4.42. The van der Waals surface area contributed by atoms with Gasteiger partial charge in [0.05, 0.1) is 18.7 Å². The summed E-state index contributed by atoms with van der Waals surface area (Å²) >= 11 is 0. The summed E-state index contributed by atoms with van der Waals surface area (Å²) in [5.41, 5.74) is 5.11. The summed E-state index contributed by atoms with van der Waals surface area (Å²) in [7, 11) is 3.58. The number of carbonyl (C=O) groups is 1. The summed E-state index contributed by atoms with van der Waals surface area (Å²) in [6.07, 6.45) is 2.64. The normalized spacial score (nSPS) is 15.9. The second-order valence-corrected chi connectivity index (χ2v) is 8.37. The van der Waals surface area contributed by atoms with Crippen LogP contribution in [-0.2, 0) is 31.4 Å². The molecule has 2 heterocycles. The maximum absolute atomic E-state index is 13.1. The highest BCUT2D eigenvalue weighted by Crippen LogP contribution is 2.31. The van der Waals surface area contributed by atoms with Crippen molar-refractivity contribution in [1.29, 1.82) is 0 Å². The number of benzene rings is 2. The molecule has 0 saturated carbocycles. The first-order valence-corrected chi connectivity index (χ1v) is 10.8. The average molecular weight is 437 g/mol. The smallest absolute Gasteiger partial charge is 0.230 e. The summed E-state index contributed by atoms with van der Waals surface area (Å²) in [6, 6.07) is 12.5. The number of amides is 1. The van der Waals surface area contributed by atoms with Crippen molar-refractivity contribution in [2.45, 2.75) is 32.4 Å². The van der Waals surface area contributed by atoms with Crippen molar-refractivity contribution in [3.05, 3.63) is 82.4 Å². The van der Waals surface area contributed by atoms with E-state index in [1.54, 1.807) is 23.9 Å². The molecule has 1 atom stereocenters. The molecule has 0 aliphatic carbocycles. The molecule has 3 aromatic rings. The first-order valence-electron chi connectivity index (χ1n) is 10.8. The maximum Gasteiger partial charge on any atom is 0.230 e. The van der Waals surface area contributed by atoms with Crippen molar-refractivity contribution in [2.24, 2.45) is 7.05 Å². The molecule has 0 saturated heterocycles. The van der Waals surface area contributed by atoms with Crippen molar-refractivity contribution < 1.29 is 13.9 Å². The molecule has 4 rings (SSSR count). The van der Waals surface area contributed by atoms with Crippen LogP contribution in [0.3, 0.4) is 0 Å². The van der Waals surface area contributed by atoms with Crippen molar-refractivity contribution in [3.8, 4) is 5.75 Å². The van der Waals surface area contributed by atoms with E-state index in [1.165, 1.54) is 12.1 Å². The first-order chi connectivity index (χ1) is 15.4. The van der Waals surface area contributed by atoms with Crippen LogP contribution in [0.4, 0.5) is 4.39 Å². The number of nitrogens with one attached hydrogen (secondary N) is 1. The highest BCUT2D eigenvalue weighted by atomic mass is 19.1. The molecule has 0 fully saturated rings. The molecule has 7 heteroatoms. The number of halogens is 1. The fourth-order valence-corrected chi connectivity index (χ4v) is 4.42. The number of methoxy groups -OCH3 is 1. The Kier molecular flexibility index (Phi) is 6.55. The lowest BCUT2D eigenvalue weighted by Gasteiger charge is -2.31.